The van der Waals surface area contributed by atoms with Gasteiger partial charge in [-0.25, -0.2) is 4.39 Å². The Bertz CT molecular complexity index is 833. The third-order valence-corrected chi connectivity index (χ3v) is 4.44. The second-order valence-corrected chi connectivity index (χ2v) is 5.64. The molecule has 2 aromatic rings. The Morgan fingerprint density at radius 1 is 1.00 bits per heavy atom. The van der Waals surface area contributed by atoms with Crippen molar-refractivity contribution in [1.29, 1.82) is 0 Å². The molecule has 4 nitrogen and oxygen atoms in total. The van der Waals surface area contributed by atoms with Gasteiger partial charge in [0, 0.05) is 23.4 Å². The lowest BCUT2D eigenvalue weighted by atomic mass is 9.77. The van der Waals surface area contributed by atoms with E-state index >= 15 is 0 Å². The first-order valence-corrected chi connectivity index (χ1v) is 7.19. The minimum atomic E-state index is -0.675. The van der Waals surface area contributed by atoms with E-state index in [1.807, 2.05) is 18.2 Å². The first-order chi connectivity index (χ1) is 10.8. The highest BCUT2D eigenvalue weighted by Crippen LogP contribution is 2.52. The lowest BCUT2D eigenvalue weighted by Gasteiger charge is -2.23. The molecule has 0 aromatic heterocycles. The Hall–Kier alpha value is -2.56. The molecule has 3 aliphatic heterocycles. The zero-order valence-corrected chi connectivity index (χ0v) is 11.6. The van der Waals surface area contributed by atoms with Crippen molar-refractivity contribution in [3.63, 3.8) is 0 Å². The van der Waals surface area contributed by atoms with E-state index in [4.69, 9.17) is 14.2 Å². The van der Waals surface area contributed by atoms with Crippen LogP contribution in [0.4, 0.5) is 10.1 Å². The highest BCUT2D eigenvalue weighted by atomic mass is 19.1. The van der Waals surface area contributed by atoms with Crippen molar-refractivity contribution in [2.75, 3.05) is 19.8 Å². The lowest BCUT2D eigenvalue weighted by Crippen LogP contribution is -2.30. The Labute approximate surface area is 126 Å². The van der Waals surface area contributed by atoms with Crippen LogP contribution in [0.5, 0.6) is 17.2 Å². The molecule has 3 heterocycles. The van der Waals surface area contributed by atoms with Crippen molar-refractivity contribution in [2.45, 2.75) is 5.41 Å². The van der Waals surface area contributed by atoms with Crippen LogP contribution in [0.1, 0.15) is 11.1 Å². The van der Waals surface area contributed by atoms with Gasteiger partial charge in [-0.05, 0) is 18.2 Å². The summed E-state index contributed by atoms with van der Waals surface area (Å²) in [6, 6.07) is 8.67. The van der Waals surface area contributed by atoms with Crippen LogP contribution in [0, 0.1) is 5.82 Å². The molecule has 0 amide bonds. The number of aliphatic imine (C=N–C) groups is 1. The maximum atomic E-state index is 14.4. The smallest absolute Gasteiger partial charge is 0.165 e. The summed E-state index contributed by atoms with van der Waals surface area (Å²) in [7, 11) is 0. The molecule has 0 saturated carbocycles. The van der Waals surface area contributed by atoms with Crippen LogP contribution in [0.2, 0.25) is 0 Å². The topological polar surface area (TPSA) is 40.0 Å². The highest BCUT2D eigenvalue weighted by molar-refractivity contribution is 5.91. The standard InChI is InChI=1S/C17H12FNO3/c18-11-2-1-3-12-16(11)17(8-19-12)9-22-13-7-15-14(6-10(13)17)20-4-5-21-15/h1-3,6-8H,4-5,9H2. The first kappa shape index (κ1) is 12.0. The largest absolute Gasteiger partial charge is 0.491 e. The molecular weight excluding hydrogens is 285 g/mol. The van der Waals surface area contributed by atoms with Crippen molar-refractivity contribution < 1.29 is 18.6 Å². The minimum absolute atomic E-state index is 0.263. The van der Waals surface area contributed by atoms with Gasteiger partial charge >= 0.3 is 0 Å². The second-order valence-electron chi connectivity index (χ2n) is 5.64. The number of halogens is 1. The lowest BCUT2D eigenvalue weighted by molar-refractivity contribution is 0.171. The quantitative estimate of drug-likeness (QED) is 0.750. The number of hydrogen-bond acceptors (Lipinski definition) is 4. The molecule has 5 rings (SSSR count). The molecule has 0 N–H and O–H groups in total. The van der Waals surface area contributed by atoms with Crippen LogP contribution in [0.15, 0.2) is 35.3 Å². The van der Waals surface area contributed by atoms with Crippen molar-refractivity contribution in [3.05, 3.63) is 47.3 Å². The summed E-state index contributed by atoms with van der Waals surface area (Å²) >= 11 is 0. The SMILES string of the molecule is Fc1cccc2c1C1(C=N2)COc2cc3c(cc21)OCCO3. The van der Waals surface area contributed by atoms with Crippen molar-refractivity contribution in [3.8, 4) is 17.2 Å². The average molecular weight is 297 g/mol. The summed E-state index contributed by atoms with van der Waals surface area (Å²) in [5.74, 6) is 1.78. The van der Waals surface area contributed by atoms with E-state index in [0.29, 0.717) is 48.3 Å². The van der Waals surface area contributed by atoms with Crippen LogP contribution in [-0.2, 0) is 5.41 Å². The molecule has 0 bridgehead atoms. The molecule has 3 aliphatic rings. The number of nitrogens with zero attached hydrogens (tertiary/aromatic N) is 1. The van der Waals surface area contributed by atoms with Gasteiger partial charge in [-0.2, -0.15) is 0 Å². The van der Waals surface area contributed by atoms with Crippen molar-refractivity contribution >= 4 is 11.9 Å². The van der Waals surface area contributed by atoms with Gasteiger partial charge in [-0.15, -0.1) is 0 Å². The van der Waals surface area contributed by atoms with Crippen LogP contribution in [0.25, 0.3) is 0 Å². The van der Waals surface area contributed by atoms with E-state index in [1.54, 1.807) is 12.3 Å². The summed E-state index contributed by atoms with van der Waals surface area (Å²) in [6.45, 7) is 1.37. The molecule has 2 aromatic carbocycles. The van der Waals surface area contributed by atoms with Crippen LogP contribution in [-0.4, -0.2) is 26.0 Å². The van der Waals surface area contributed by atoms with Gasteiger partial charge in [-0.1, -0.05) is 6.07 Å². The molecule has 0 aliphatic carbocycles. The monoisotopic (exact) mass is 297 g/mol. The minimum Gasteiger partial charge on any atom is -0.491 e. The number of hydrogen-bond donors (Lipinski definition) is 0. The van der Waals surface area contributed by atoms with E-state index in [0.717, 1.165) is 5.56 Å². The van der Waals surface area contributed by atoms with E-state index in [1.165, 1.54) is 6.07 Å². The van der Waals surface area contributed by atoms with Crippen molar-refractivity contribution in [2.24, 2.45) is 4.99 Å². The van der Waals surface area contributed by atoms with Crippen LogP contribution in [0.3, 0.4) is 0 Å². The normalized spacial score (nSPS) is 23.3. The Balaban J connectivity index is 1.75. The van der Waals surface area contributed by atoms with Gasteiger partial charge in [0.1, 0.15) is 31.4 Å². The first-order valence-electron chi connectivity index (χ1n) is 7.19. The van der Waals surface area contributed by atoms with E-state index in [-0.39, 0.29) is 5.82 Å². The molecular formula is C17H12FNO3. The molecule has 110 valence electrons. The molecule has 0 fully saturated rings. The van der Waals surface area contributed by atoms with E-state index in [9.17, 15) is 4.39 Å². The van der Waals surface area contributed by atoms with Gasteiger partial charge in [0.05, 0.1) is 11.1 Å². The summed E-state index contributed by atoms with van der Waals surface area (Å²) in [5, 5.41) is 0. The fourth-order valence-electron chi connectivity index (χ4n) is 3.43. The second kappa shape index (κ2) is 4.00. The fraction of sp³-hybridized carbons (Fsp3) is 0.235. The molecule has 1 unspecified atom stereocenters. The van der Waals surface area contributed by atoms with Gasteiger partial charge in [0.15, 0.2) is 11.5 Å². The molecule has 1 spiro atoms. The predicted molar refractivity (Wildman–Crippen MR) is 78.3 cm³/mol. The zero-order valence-electron chi connectivity index (χ0n) is 11.6. The van der Waals surface area contributed by atoms with E-state index < -0.39 is 5.41 Å². The fourth-order valence-corrected chi connectivity index (χ4v) is 3.43. The van der Waals surface area contributed by atoms with E-state index in [2.05, 4.69) is 4.99 Å². The maximum Gasteiger partial charge on any atom is 0.165 e. The Morgan fingerprint density at radius 2 is 1.82 bits per heavy atom. The number of fused-ring (bicyclic) bond motifs is 5. The summed E-state index contributed by atoms with van der Waals surface area (Å²) in [4.78, 5) is 4.39. The molecule has 0 radical (unpaired) electrons. The molecule has 22 heavy (non-hydrogen) atoms. The van der Waals surface area contributed by atoms with Crippen LogP contribution >= 0.6 is 0 Å². The van der Waals surface area contributed by atoms with Gasteiger partial charge in [0.25, 0.3) is 0 Å². The molecule has 0 saturated heterocycles. The maximum absolute atomic E-state index is 14.4. The Morgan fingerprint density at radius 3 is 2.68 bits per heavy atom. The van der Waals surface area contributed by atoms with Gasteiger partial charge in [-0.3, -0.25) is 4.99 Å². The summed E-state index contributed by atoms with van der Waals surface area (Å²) in [6.07, 6.45) is 1.78. The third kappa shape index (κ3) is 1.38. The summed E-state index contributed by atoms with van der Waals surface area (Å²) < 4.78 is 31.5. The van der Waals surface area contributed by atoms with Gasteiger partial charge in [0.2, 0.25) is 0 Å². The zero-order chi connectivity index (χ0) is 14.7. The Kier molecular flexibility index (Phi) is 2.19. The van der Waals surface area contributed by atoms with Crippen molar-refractivity contribution in [1.82, 2.24) is 0 Å². The predicted octanol–water partition coefficient (Wildman–Crippen LogP) is 2.99. The number of ether oxygens (including phenoxy) is 3. The third-order valence-electron chi connectivity index (χ3n) is 4.44. The number of rotatable bonds is 0. The average Bonchev–Trinajstić information content (AvgIpc) is 3.09. The molecule has 1 atom stereocenters. The van der Waals surface area contributed by atoms with Crippen LogP contribution < -0.4 is 14.2 Å². The van der Waals surface area contributed by atoms with Gasteiger partial charge < -0.3 is 14.2 Å². The summed E-state index contributed by atoms with van der Waals surface area (Å²) in [5.41, 5.74) is 1.44. The molecule has 5 heteroatoms. The number of benzene rings is 2. The highest BCUT2D eigenvalue weighted by Gasteiger charge is 2.47.